The lowest BCUT2D eigenvalue weighted by atomic mass is 10.1. The van der Waals surface area contributed by atoms with E-state index in [1.807, 2.05) is 13.8 Å². The molecule has 2 nitrogen and oxygen atoms in total. The maximum atomic E-state index is 4.17. The molecule has 0 N–H and O–H groups in total. The Morgan fingerprint density at radius 2 is 2.18 bits per heavy atom. The molecule has 0 unspecified atom stereocenters. The third-order valence-electron chi connectivity index (χ3n) is 1.68. The topological polar surface area (TPSA) is 24.7 Å². The number of allylic oxidation sites excluding steroid dienone is 2. The molecule has 0 radical (unpaired) electrons. The van der Waals surface area contributed by atoms with Crippen molar-refractivity contribution in [2.24, 2.45) is 10.2 Å². The first-order valence-electron chi connectivity index (χ1n) is 4.39. The van der Waals surface area contributed by atoms with Crippen LogP contribution >= 0.6 is 0 Å². The van der Waals surface area contributed by atoms with Gasteiger partial charge in [0.2, 0.25) is 0 Å². The van der Waals surface area contributed by atoms with Gasteiger partial charge in [-0.05, 0) is 39.5 Å². The number of rotatable bonds is 2. The maximum absolute atomic E-state index is 4.17. The lowest BCUT2D eigenvalue weighted by Crippen LogP contribution is -1.90. The van der Waals surface area contributed by atoms with Crippen molar-refractivity contribution in [3.8, 4) is 0 Å². The van der Waals surface area contributed by atoms with Crippen LogP contribution in [0.15, 0.2) is 22.0 Å². The summed E-state index contributed by atoms with van der Waals surface area (Å²) in [7, 11) is 0. The van der Waals surface area contributed by atoms with E-state index in [9.17, 15) is 0 Å². The molecule has 0 bridgehead atoms. The second-order valence-electron chi connectivity index (χ2n) is 3.25. The summed E-state index contributed by atoms with van der Waals surface area (Å²) in [4.78, 5) is 0. The minimum atomic E-state index is 0.331. The van der Waals surface area contributed by atoms with Crippen molar-refractivity contribution in [1.29, 1.82) is 0 Å². The SMILES string of the molecule is CC(C)N=NC1=CCCCC1. The molecule has 11 heavy (non-hydrogen) atoms. The molecular formula is C9H16N2. The van der Waals surface area contributed by atoms with Crippen LogP contribution in [-0.4, -0.2) is 6.04 Å². The van der Waals surface area contributed by atoms with Crippen molar-refractivity contribution in [2.45, 2.75) is 45.6 Å². The van der Waals surface area contributed by atoms with Gasteiger partial charge in [-0.1, -0.05) is 6.08 Å². The van der Waals surface area contributed by atoms with Gasteiger partial charge in [0.05, 0.1) is 11.7 Å². The molecule has 1 aliphatic rings. The summed E-state index contributed by atoms with van der Waals surface area (Å²) in [5.41, 5.74) is 1.19. The van der Waals surface area contributed by atoms with E-state index in [1.165, 1.54) is 25.0 Å². The van der Waals surface area contributed by atoms with Gasteiger partial charge in [0.15, 0.2) is 0 Å². The summed E-state index contributed by atoms with van der Waals surface area (Å²) >= 11 is 0. The lowest BCUT2D eigenvalue weighted by molar-refractivity contribution is 0.671. The van der Waals surface area contributed by atoms with Crippen molar-refractivity contribution < 1.29 is 0 Å². The summed E-state index contributed by atoms with van der Waals surface area (Å²) < 4.78 is 0. The fourth-order valence-electron chi connectivity index (χ4n) is 1.10. The molecule has 0 aromatic heterocycles. The molecule has 0 saturated carbocycles. The third-order valence-corrected chi connectivity index (χ3v) is 1.68. The predicted octanol–water partition coefficient (Wildman–Crippen LogP) is 3.30. The quantitative estimate of drug-likeness (QED) is 0.542. The van der Waals surface area contributed by atoms with Crippen LogP contribution in [0.3, 0.4) is 0 Å². The van der Waals surface area contributed by atoms with Crippen LogP contribution in [0, 0.1) is 0 Å². The number of hydrogen-bond donors (Lipinski definition) is 0. The minimum Gasteiger partial charge on any atom is -0.186 e. The van der Waals surface area contributed by atoms with E-state index >= 15 is 0 Å². The van der Waals surface area contributed by atoms with Crippen LogP contribution in [0.1, 0.15) is 39.5 Å². The number of hydrogen-bond acceptors (Lipinski definition) is 2. The fraction of sp³-hybridized carbons (Fsp3) is 0.778. The lowest BCUT2D eigenvalue weighted by Gasteiger charge is -2.06. The van der Waals surface area contributed by atoms with Gasteiger partial charge in [-0.15, -0.1) is 0 Å². The fourth-order valence-corrected chi connectivity index (χ4v) is 1.10. The van der Waals surface area contributed by atoms with Gasteiger partial charge in [0, 0.05) is 0 Å². The van der Waals surface area contributed by atoms with E-state index in [4.69, 9.17) is 0 Å². The zero-order valence-corrected chi connectivity index (χ0v) is 7.38. The normalized spacial score (nSPS) is 19.4. The maximum Gasteiger partial charge on any atom is 0.0656 e. The highest BCUT2D eigenvalue weighted by Gasteiger charge is 2.01. The molecule has 62 valence electrons. The van der Waals surface area contributed by atoms with Gasteiger partial charge in [-0.2, -0.15) is 10.2 Å². The molecule has 0 heterocycles. The van der Waals surface area contributed by atoms with E-state index in [2.05, 4.69) is 16.3 Å². The molecule has 0 aromatic rings. The molecule has 0 atom stereocenters. The third kappa shape index (κ3) is 3.30. The molecule has 0 aliphatic heterocycles. The van der Waals surface area contributed by atoms with E-state index in [0.717, 1.165) is 6.42 Å². The Kier molecular flexibility index (Phi) is 3.27. The van der Waals surface area contributed by atoms with Crippen molar-refractivity contribution in [1.82, 2.24) is 0 Å². The average molecular weight is 152 g/mol. The molecule has 1 aliphatic carbocycles. The Bertz CT molecular complexity index is 168. The van der Waals surface area contributed by atoms with Crippen LogP contribution in [0.5, 0.6) is 0 Å². The minimum absolute atomic E-state index is 0.331. The molecular weight excluding hydrogens is 136 g/mol. The first-order chi connectivity index (χ1) is 5.29. The summed E-state index contributed by atoms with van der Waals surface area (Å²) in [5, 5.41) is 8.27. The summed E-state index contributed by atoms with van der Waals surface area (Å²) in [6, 6.07) is 0.331. The van der Waals surface area contributed by atoms with Crippen LogP contribution in [0.4, 0.5) is 0 Å². The highest BCUT2D eigenvalue weighted by molar-refractivity contribution is 5.01. The zero-order chi connectivity index (χ0) is 8.10. The Morgan fingerprint density at radius 3 is 2.73 bits per heavy atom. The molecule has 2 heteroatoms. The number of nitrogens with zero attached hydrogens (tertiary/aromatic N) is 2. The van der Waals surface area contributed by atoms with Gasteiger partial charge in [-0.3, -0.25) is 0 Å². The molecule has 0 aromatic carbocycles. The highest BCUT2D eigenvalue weighted by Crippen LogP contribution is 2.18. The predicted molar refractivity (Wildman–Crippen MR) is 46.5 cm³/mol. The summed E-state index contributed by atoms with van der Waals surface area (Å²) in [5.74, 6) is 0. The van der Waals surface area contributed by atoms with Crippen LogP contribution in [0.2, 0.25) is 0 Å². The van der Waals surface area contributed by atoms with Crippen LogP contribution in [-0.2, 0) is 0 Å². The van der Waals surface area contributed by atoms with Crippen molar-refractivity contribution in [2.75, 3.05) is 0 Å². The van der Waals surface area contributed by atoms with E-state index in [0.29, 0.717) is 6.04 Å². The Hall–Kier alpha value is -0.660. The Morgan fingerprint density at radius 1 is 1.36 bits per heavy atom. The van der Waals surface area contributed by atoms with Crippen LogP contribution in [0.25, 0.3) is 0 Å². The molecule has 0 spiro atoms. The van der Waals surface area contributed by atoms with Crippen molar-refractivity contribution in [3.05, 3.63) is 11.8 Å². The zero-order valence-electron chi connectivity index (χ0n) is 7.38. The smallest absolute Gasteiger partial charge is 0.0656 e. The average Bonchev–Trinajstić information content (AvgIpc) is 2.03. The Balaban J connectivity index is 2.41. The standard InChI is InChI=1S/C9H16N2/c1-8(2)10-11-9-6-4-3-5-7-9/h6,8H,3-5,7H2,1-2H3. The molecule has 0 fully saturated rings. The Labute approximate surface area is 68.4 Å². The molecule has 1 rings (SSSR count). The molecule has 0 saturated heterocycles. The monoisotopic (exact) mass is 152 g/mol. The van der Waals surface area contributed by atoms with Crippen molar-refractivity contribution in [3.63, 3.8) is 0 Å². The van der Waals surface area contributed by atoms with Gasteiger partial charge in [0.1, 0.15) is 0 Å². The van der Waals surface area contributed by atoms with Gasteiger partial charge < -0.3 is 0 Å². The first-order valence-corrected chi connectivity index (χ1v) is 4.39. The summed E-state index contributed by atoms with van der Waals surface area (Å²) in [6.07, 6.45) is 7.11. The van der Waals surface area contributed by atoms with E-state index < -0.39 is 0 Å². The first kappa shape index (κ1) is 8.44. The summed E-state index contributed by atoms with van der Waals surface area (Å²) in [6.45, 7) is 4.10. The second kappa shape index (κ2) is 4.27. The van der Waals surface area contributed by atoms with E-state index in [-0.39, 0.29) is 0 Å². The van der Waals surface area contributed by atoms with E-state index in [1.54, 1.807) is 0 Å². The van der Waals surface area contributed by atoms with Gasteiger partial charge >= 0.3 is 0 Å². The largest absolute Gasteiger partial charge is 0.186 e. The second-order valence-corrected chi connectivity index (χ2v) is 3.25. The number of azo groups is 1. The van der Waals surface area contributed by atoms with Crippen LogP contribution < -0.4 is 0 Å². The van der Waals surface area contributed by atoms with Gasteiger partial charge in [0.25, 0.3) is 0 Å². The van der Waals surface area contributed by atoms with Gasteiger partial charge in [-0.25, -0.2) is 0 Å². The molecule has 0 amide bonds. The highest BCUT2D eigenvalue weighted by atomic mass is 15.1. The van der Waals surface area contributed by atoms with Crippen molar-refractivity contribution >= 4 is 0 Å².